The van der Waals surface area contributed by atoms with Crippen LogP contribution in [0.2, 0.25) is 0 Å². The van der Waals surface area contributed by atoms with Crippen molar-refractivity contribution in [2.75, 3.05) is 22.1 Å². The van der Waals surface area contributed by atoms with E-state index in [2.05, 4.69) is 23.6 Å². The van der Waals surface area contributed by atoms with Crippen molar-refractivity contribution in [3.8, 4) is 0 Å². The average Bonchev–Trinajstić information content (AvgIpc) is 3.03. The Morgan fingerprint density at radius 2 is 1.66 bits per heavy atom. The maximum atomic E-state index is 13.0. The van der Waals surface area contributed by atoms with Gasteiger partial charge in [0.15, 0.2) is 0 Å². The summed E-state index contributed by atoms with van der Waals surface area (Å²) in [4.78, 5) is 27.2. The van der Waals surface area contributed by atoms with E-state index in [9.17, 15) is 9.59 Å². The van der Waals surface area contributed by atoms with Gasteiger partial charge in [-0.3, -0.25) is 9.69 Å². The molecule has 0 saturated carbocycles. The summed E-state index contributed by atoms with van der Waals surface area (Å²) in [6, 6.07) is 23.3. The molecule has 1 aliphatic heterocycles. The van der Waals surface area contributed by atoms with Gasteiger partial charge in [-0.1, -0.05) is 49.4 Å². The van der Waals surface area contributed by atoms with Crippen molar-refractivity contribution in [3.05, 3.63) is 89.5 Å². The van der Waals surface area contributed by atoms with Gasteiger partial charge in [0.05, 0.1) is 6.42 Å². The van der Waals surface area contributed by atoms with Gasteiger partial charge in [0.1, 0.15) is 0 Å². The van der Waals surface area contributed by atoms with Crippen LogP contribution in [-0.2, 0) is 24.1 Å². The molecule has 3 aromatic rings. The zero-order chi connectivity index (χ0) is 22.3. The largest absolute Gasteiger partial charge is 0.326 e. The van der Waals surface area contributed by atoms with Crippen LogP contribution in [0.5, 0.6) is 0 Å². The third-order valence-electron chi connectivity index (χ3n) is 5.79. The van der Waals surface area contributed by atoms with Crippen LogP contribution >= 0.6 is 0 Å². The van der Waals surface area contributed by atoms with Crippen molar-refractivity contribution in [1.29, 1.82) is 0 Å². The number of carbonyl (C=O) groups excluding carboxylic acids is 2. The molecule has 0 bridgehead atoms. The number of fused-ring (bicyclic) bond motifs is 1. The molecule has 0 atom stereocenters. The van der Waals surface area contributed by atoms with Crippen molar-refractivity contribution in [2.24, 2.45) is 0 Å². The number of nitrogens with zero attached hydrogens (tertiary/aromatic N) is 1. The summed E-state index contributed by atoms with van der Waals surface area (Å²) in [5, 5.41) is 5.95. The number of anilines is 3. The maximum absolute atomic E-state index is 13.0. The quantitative estimate of drug-likeness (QED) is 0.540. The fourth-order valence-corrected chi connectivity index (χ4v) is 4.06. The number of carbonyl (C=O) groups is 2. The zero-order valence-electron chi connectivity index (χ0n) is 18.4. The summed E-state index contributed by atoms with van der Waals surface area (Å²) in [5.41, 5.74) is 5.82. The first-order valence-corrected chi connectivity index (χ1v) is 11.3. The van der Waals surface area contributed by atoms with Gasteiger partial charge in [0.2, 0.25) is 5.91 Å². The minimum Gasteiger partial charge on any atom is -0.326 e. The topological polar surface area (TPSA) is 61.4 Å². The highest BCUT2D eigenvalue weighted by Gasteiger charge is 2.20. The minimum atomic E-state index is -0.124. The lowest BCUT2D eigenvalue weighted by Gasteiger charge is -2.23. The van der Waals surface area contributed by atoms with Crippen LogP contribution in [0, 0.1) is 0 Å². The van der Waals surface area contributed by atoms with E-state index in [1.165, 1.54) is 11.1 Å². The Balaban J connectivity index is 1.36. The number of hydrogen-bond donors (Lipinski definition) is 2. The molecular formula is C27H29N3O2. The smallest absolute Gasteiger partial charge is 0.326 e. The fourth-order valence-electron chi connectivity index (χ4n) is 4.06. The van der Waals surface area contributed by atoms with Crippen LogP contribution in [0.15, 0.2) is 72.8 Å². The highest BCUT2D eigenvalue weighted by molar-refractivity contribution is 6.02. The first-order chi connectivity index (χ1) is 15.6. The number of amides is 3. The fraction of sp³-hybridized carbons (Fsp3) is 0.259. The van der Waals surface area contributed by atoms with Gasteiger partial charge in [0, 0.05) is 23.6 Å². The van der Waals surface area contributed by atoms with Gasteiger partial charge in [-0.05, 0) is 72.7 Å². The Morgan fingerprint density at radius 1 is 0.844 bits per heavy atom. The average molecular weight is 428 g/mol. The Labute approximate surface area is 189 Å². The second-order valence-corrected chi connectivity index (χ2v) is 8.14. The van der Waals surface area contributed by atoms with Gasteiger partial charge in [0.25, 0.3) is 0 Å². The number of urea groups is 1. The number of nitrogens with one attached hydrogen (secondary N) is 2. The van der Waals surface area contributed by atoms with E-state index >= 15 is 0 Å². The molecule has 0 unspecified atom stereocenters. The molecule has 0 aromatic heterocycles. The standard InChI is InChI=1S/C27H29N3O2/c1-2-20-8-7-11-24(18-20)28-26(31)19-21-13-15-23(16-14-21)29-27(32)30-17-6-5-10-22-9-3-4-12-25(22)30/h3-4,7-9,11-16,18H,2,5-6,10,17,19H2,1H3,(H,28,31)(H,29,32). The Hall–Kier alpha value is -3.60. The van der Waals surface area contributed by atoms with Crippen molar-refractivity contribution in [3.63, 3.8) is 0 Å². The van der Waals surface area contributed by atoms with E-state index in [4.69, 9.17) is 0 Å². The molecule has 0 saturated heterocycles. The third kappa shape index (κ3) is 5.35. The highest BCUT2D eigenvalue weighted by atomic mass is 16.2. The molecule has 0 radical (unpaired) electrons. The molecule has 3 amide bonds. The summed E-state index contributed by atoms with van der Waals surface area (Å²) in [6.45, 7) is 2.80. The number of rotatable bonds is 5. The normalized spacial score (nSPS) is 13.1. The lowest BCUT2D eigenvalue weighted by molar-refractivity contribution is -0.115. The maximum Gasteiger partial charge on any atom is 0.326 e. The number of aryl methyl sites for hydroxylation is 2. The van der Waals surface area contributed by atoms with Crippen molar-refractivity contribution in [1.82, 2.24) is 0 Å². The summed E-state index contributed by atoms with van der Waals surface area (Å²) >= 11 is 0. The predicted octanol–water partition coefficient (Wildman–Crippen LogP) is 5.81. The Kier molecular flexibility index (Phi) is 6.85. The first kappa shape index (κ1) is 21.6. The van der Waals surface area contributed by atoms with Crippen molar-refractivity contribution >= 4 is 29.0 Å². The van der Waals surface area contributed by atoms with E-state index in [1.807, 2.05) is 71.6 Å². The Bertz CT molecular complexity index is 1090. The van der Waals surface area contributed by atoms with Gasteiger partial charge in [-0.15, -0.1) is 0 Å². The van der Waals surface area contributed by atoms with Gasteiger partial charge in [-0.2, -0.15) is 0 Å². The monoisotopic (exact) mass is 427 g/mol. The molecule has 1 heterocycles. The molecule has 0 fully saturated rings. The summed E-state index contributed by atoms with van der Waals surface area (Å²) < 4.78 is 0. The number of hydrogen-bond acceptors (Lipinski definition) is 2. The summed E-state index contributed by atoms with van der Waals surface area (Å²) in [7, 11) is 0. The van der Waals surface area contributed by atoms with Gasteiger partial charge < -0.3 is 10.6 Å². The third-order valence-corrected chi connectivity index (χ3v) is 5.79. The SMILES string of the molecule is CCc1cccc(NC(=O)Cc2ccc(NC(=O)N3CCCCc4ccccc43)cc2)c1. The van der Waals surface area contributed by atoms with Crippen molar-refractivity contribution in [2.45, 2.75) is 39.0 Å². The van der Waals surface area contributed by atoms with Gasteiger partial charge in [-0.25, -0.2) is 4.79 Å². The molecule has 0 aliphatic carbocycles. The predicted molar refractivity (Wildman–Crippen MR) is 130 cm³/mol. The first-order valence-electron chi connectivity index (χ1n) is 11.3. The molecular weight excluding hydrogens is 398 g/mol. The molecule has 1 aliphatic rings. The van der Waals surface area contributed by atoms with Gasteiger partial charge >= 0.3 is 6.03 Å². The number of para-hydroxylation sites is 1. The second kappa shape index (κ2) is 10.1. The Morgan fingerprint density at radius 3 is 2.47 bits per heavy atom. The van der Waals surface area contributed by atoms with Crippen LogP contribution < -0.4 is 15.5 Å². The summed E-state index contributed by atoms with van der Waals surface area (Å²) in [6.07, 6.45) is 4.28. The lowest BCUT2D eigenvalue weighted by atomic mass is 10.1. The van der Waals surface area contributed by atoms with E-state index in [0.717, 1.165) is 48.3 Å². The van der Waals surface area contributed by atoms with Crippen LogP contribution in [0.3, 0.4) is 0 Å². The number of benzene rings is 3. The molecule has 5 heteroatoms. The highest BCUT2D eigenvalue weighted by Crippen LogP contribution is 2.27. The molecule has 5 nitrogen and oxygen atoms in total. The molecule has 32 heavy (non-hydrogen) atoms. The molecule has 0 spiro atoms. The van der Waals surface area contributed by atoms with Crippen LogP contribution in [0.1, 0.15) is 36.5 Å². The van der Waals surface area contributed by atoms with Crippen molar-refractivity contribution < 1.29 is 9.59 Å². The van der Waals surface area contributed by atoms with Crippen LogP contribution in [0.25, 0.3) is 0 Å². The molecule has 3 aromatic carbocycles. The molecule has 164 valence electrons. The van der Waals surface area contributed by atoms with E-state index in [1.54, 1.807) is 0 Å². The zero-order valence-corrected chi connectivity index (χ0v) is 18.4. The molecule has 2 N–H and O–H groups in total. The van der Waals surface area contributed by atoms with E-state index < -0.39 is 0 Å². The lowest BCUT2D eigenvalue weighted by Crippen LogP contribution is -2.35. The second-order valence-electron chi connectivity index (χ2n) is 8.14. The van der Waals surface area contributed by atoms with E-state index in [-0.39, 0.29) is 18.4 Å². The van der Waals surface area contributed by atoms with Crippen LogP contribution in [0.4, 0.5) is 21.9 Å². The van der Waals surface area contributed by atoms with E-state index in [0.29, 0.717) is 6.54 Å². The summed E-state index contributed by atoms with van der Waals surface area (Å²) in [5.74, 6) is -0.0591. The molecule has 4 rings (SSSR count). The minimum absolute atomic E-state index is 0.0591. The van der Waals surface area contributed by atoms with Crippen LogP contribution in [-0.4, -0.2) is 18.5 Å².